The zero-order chi connectivity index (χ0) is 13.9. The van der Waals surface area contributed by atoms with E-state index >= 15 is 0 Å². The Morgan fingerprint density at radius 3 is 2.75 bits per heavy atom. The predicted octanol–water partition coefficient (Wildman–Crippen LogP) is 4.29. The molecule has 1 heterocycles. The van der Waals surface area contributed by atoms with Gasteiger partial charge in [-0.2, -0.15) is 0 Å². The van der Waals surface area contributed by atoms with Crippen LogP contribution >= 0.6 is 0 Å². The number of halogens is 1. The minimum atomic E-state index is -0.189. The molecule has 3 heteroatoms. The quantitative estimate of drug-likeness (QED) is 0.764. The van der Waals surface area contributed by atoms with Crippen LogP contribution in [0, 0.1) is 12.7 Å². The fourth-order valence-corrected chi connectivity index (χ4v) is 2.30. The third-order valence-electron chi connectivity index (χ3n) is 3.45. The summed E-state index contributed by atoms with van der Waals surface area (Å²) in [5.74, 6) is -0.189. The van der Waals surface area contributed by atoms with E-state index in [4.69, 9.17) is 0 Å². The van der Waals surface area contributed by atoms with Crippen molar-refractivity contribution in [3.63, 3.8) is 0 Å². The Morgan fingerprint density at radius 2 is 1.85 bits per heavy atom. The first-order chi connectivity index (χ1) is 9.75. The van der Waals surface area contributed by atoms with Gasteiger partial charge in [0.25, 0.3) is 0 Å². The number of fused-ring (bicyclic) bond motifs is 1. The molecule has 0 aliphatic carbocycles. The first kappa shape index (κ1) is 12.6. The Labute approximate surface area is 117 Å². The molecule has 0 amide bonds. The average Bonchev–Trinajstić information content (AvgIpc) is 2.49. The van der Waals surface area contributed by atoms with Crippen molar-refractivity contribution in [1.29, 1.82) is 0 Å². The number of para-hydroxylation sites is 1. The molecule has 0 aliphatic rings. The molecule has 2 aromatic carbocycles. The molecule has 0 spiro atoms. The average molecular weight is 266 g/mol. The van der Waals surface area contributed by atoms with Crippen molar-refractivity contribution >= 4 is 16.6 Å². The van der Waals surface area contributed by atoms with E-state index in [1.165, 1.54) is 6.07 Å². The highest BCUT2D eigenvalue weighted by Gasteiger charge is 2.05. The molecule has 0 bridgehead atoms. The monoisotopic (exact) mass is 266 g/mol. The van der Waals surface area contributed by atoms with Gasteiger partial charge in [-0.3, -0.25) is 4.98 Å². The van der Waals surface area contributed by atoms with Gasteiger partial charge in [0.15, 0.2) is 0 Å². The summed E-state index contributed by atoms with van der Waals surface area (Å²) in [6.07, 6.45) is 1.79. The van der Waals surface area contributed by atoms with Gasteiger partial charge < -0.3 is 5.32 Å². The summed E-state index contributed by atoms with van der Waals surface area (Å²) >= 11 is 0. The van der Waals surface area contributed by atoms with Gasteiger partial charge in [0.1, 0.15) is 5.82 Å². The van der Waals surface area contributed by atoms with Gasteiger partial charge in [0.2, 0.25) is 0 Å². The smallest absolute Gasteiger partial charge is 0.128 e. The normalized spacial score (nSPS) is 10.7. The summed E-state index contributed by atoms with van der Waals surface area (Å²) in [7, 11) is 0. The van der Waals surface area contributed by atoms with Crippen LogP contribution in [-0.2, 0) is 6.54 Å². The molecule has 0 unspecified atom stereocenters. The third-order valence-corrected chi connectivity index (χ3v) is 3.45. The van der Waals surface area contributed by atoms with Crippen LogP contribution in [0.5, 0.6) is 0 Å². The fraction of sp³-hybridized carbons (Fsp3) is 0.118. The van der Waals surface area contributed by atoms with Gasteiger partial charge in [-0.05, 0) is 30.7 Å². The van der Waals surface area contributed by atoms with Crippen LogP contribution in [0.1, 0.15) is 11.1 Å². The molecule has 0 fully saturated rings. The molecular formula is C17H15FN2. The van der Waals surface area contributed by atoms with Crippen molar-refractivity contribution in [2.45, 2.75) is 13.5 Å². The molecule has 1 aromatic heterocycles. The highest BCUT2D eigenvalue weighted by molar-refractivity contribution is 5.81. The topological polar surface area (TPSA) is 24.9 Å². The van der Waals surface area contributed by atoms with E-state index in [0.29, 0.717) is 12.1 Å². The van der Waals surface area contributed by atoms with Crippen LogP contribution in [0.25, 0.3) is 10.9 Å². The summed E-state index contributed by atoms with van der Waals surface area (Å²) in [6, 6.07) is 15.1. The largest absolute Gasteiger partial charge is 0.381 e. The lowest BCUT2D eigenvalue weighted by Gasteiger charge is -2.11. The van der Waals surface area contributed by atoms with E-state index in [1.54, 1.807) is 19.2 Å². The van der Waals surface area contributed by atoms with Crippen molar-refractivity contribution < 1.29 is 4.39 Å². The standard InChI is InChI=1S/C17H15FN2/c1-12-15(18)8-3-9-16(12)20-11-14-6-2-5-13-7-4-10-19-17(13)14/h2-10,20H,11H2,1H3. The SMILES string of the molecule is Cc1c(F)cccc1NCc1cccc2cccnc12. The number of hydrogen-bond acceptors (Lipinski definition) is 2. The lowest BCUT2D eigenvalue weighted by atomic mass is 10.1. The van der Waals surface area contributed by atoms with Crippen molar-refractivity contribution in [1.82, 2.24) is 4.98 Å². The van der Waals surface area contributed by atoms with Crippen molar-refractivity contribution in [3.05, 3.63) is 71.7 Å². The maximum absolute atomic E-state index is 13.5. The molecule has 20 heavy (non-hydrogen) atoms. The minimum Gasteiger partial charge on any atom is -0.381 e. The number of hydrogen-bond donors (Lipinski definition) is 1. The van der Waals surface area contributed by atoms with E-state index in [1.807, 2.05) is 36.4 Å². The number of benzene rings is 2. The van der Waals surface area contributed by atoms with Crippen molar-refractivity contribution in [3.8, 4) is 0 Å². The molecule has 1 N–H and O–H groups in total. The first-order valence-electron chi connectivity index (χ1n) is 6.57. The van der Waals surface area contributed by atoms with Crippen LogP contribution in [0.3, 0.4) is 0 Å². The number of rotatable bonds is 3. The van der Waals surface area contributed by atoms with Gasteiger partial charge in [0, 0.05) is 29.4 Å². The summed E-state index contributed by atoms with van der Waals surface area (Å²) in [5.41, 5.74) is 3.54. The zero-order valence-electron chi connectivity index (χ0n) is 11.2. The zero-order valence-corrected chi connectivity index (χ0v) is 11.2. The first-order valence-corrected chi connectivity index (χ1v) is 6.57. The van der Waals surface area contributed by atoms with Crippen LogP contribution in [-0.4, -0.2) is 4.98 Å². The molecular weight excluding hydrogens is 251 g/mol. The molecule has 0 radical (unpaired) electrons. The molecule has 100 valence electrons. The number of nitrogens with zero attached hydrogens (tertiary/aromatic N) is 1. The summed E-state index contributed by atoms with van der Waals surface area (Å²) in [6.45, 7) is 2.40. The lowest BCUT2D eigenvalue weighted by molar-refractivity contribution is 0.619. The van der Waals surface area contributed by atoms with E-state index in [0.717, 1.165) is 22.2 Å². The Kier molecular flexibility index (Phi) is 3.33. The Morgan fingerprint density at radius 1 is 1.05 bits per heavy atom. The van der Waals surface area contributed by atoms with E-state index in [9.17, 15) is 4.39 Å². The van der Waals surface area contributed by atoms with Crippen LogP contribution in [0.2, 0.25) is 0 Å². The van der Waals surface area contributed by atoms with E-state index in [-0.39, 0.29) is 5.82 Å². The number of aromatic nitrogens is 1. The third kappa shape index (κ3) is 2.35. The summed E-state index contributed by atoms with van der Waals surface area (Å²) in [4.78, 5) is 4.42. The van der Waals surface area contributed by atoms with Crippen molar-refractivity contribution in [2.24, 2.45) is 0 Å². The van der Waals surface area contributed by atoms with E-state index in [2.05, 4.69) is 10.3 Å². The summed E-state index contributed by atoms with van der Waals surface area (Å²) < 4.78 is 13.5. The molecule has 2 nitrogen and oxygen atoms in total. The lowest BCUT2D eigenvalue weighted by Crippen LogP contribution is -2.03. The Hall–Kier alpha value is -2.42. The Balaban J connectivity index is 1.89. The second-order valence-corrected chi connectivity index (χ2v) is 4.76. The highest BCUT2D eigenvalue weighted by atomic mass is 19.1. The number of nitrogens with one attached hydrogen (secondary N) is 1. The van der Waals surface area contributed by atoms with Crippen LogP contribution < -0.4 is 5.32 Å². The Bertz CT molecular complexity index is 748. The van der Waals surface area contributed by atoms with Gasteiger partial charge in [-0.15, -0.1) is 0 Å². The fourth-order valence-electron chi connectivity index (χ4n) is 2.30. The minimum absolute atomic E-state index is 0.189. The van der Waals surface area contributed by atoms with Crippen LogP contribution in [0.15, 0.2) is 54.7 Å². The molecule has 0 saturated carbocycles. The molecule has 0 atom stereocenters. The summed E-state index contributed by atoms with van der Waals surface area (Å²) in [5, 5.41) is 4.40. The molecule has 0 aliphatic heterocycles. The molecule has 3 aromatic rings. The molecule has 3 rings (SSSR count). The highest BCUT2D eigenvalue weighted by Crippen LogP contribution is 2.20. The van der Waals surface area contributed by atoms with Crippen LogP contribution in [0.4, 0.5) is 10.1 Å². The predicted molar refractivity (Wildman–Crippen MR) is 80.2 cm³/mol. The van der Waals surface area contributed by atoms with Gasteiger partial charge in [0.05, 0.1) is 5.52 Å². The number of anilines is 1. The van der Waals surface area contributed by atoms with Gasteiger partial charge >= 0.3 is 0 Å². The maximum Gasteiger partial charge on any atom is 0.128 e. The second-order valence-electron chi connectivity index (χ2n) is 4.76. The van der Waals surface area contributed by atoms with Crippen molar-refractivity contribution in [2.75, 3.05) is 5.32 Å². The van der Waals surface area contributed by atoms with Gasteiger partial charge in [-0.25, -0.2) is 4.39 Å². The second kappa shape index (κ2) is 5.29. The van der Waals surface area contributed by atoms with Gasteiger partial charge in [-0.1, -0.05) is 30.3 Å². The van der Waals surface area contributed by atoms with E-state index < -0.39 is 0 Å². The maximum atomic E-state index is 13.5. The number of pyridine rings is 1. The molecule has 0 saturated heterocycles.